The van der Waals surface area contributed by atoms with Crippen molar-refractivity contribution in [1.29, 1.82) is 0 Å². The molecule has 1 saturated carbocycles. The zero-order valence-electron chi connectivity index (χ0n) is 10.1. The van der Waals surface area contributed by atoms with E-state index in [1.807, 2.05) is 12.1 Å². The van der Waals surface area contributed by atoms with Gasteiger partial charge in [0.2, 0.25) is 0 Å². The van der Waals surface area contributed by atoms with Crippen LogP contribution in [0.3, 0.4) is 0 Å². The minimum absolute atomic E-state index is 0.518. The Morgan fingerprint density at radius 3 is 2.71 bits per heavy atom. The lowest BCUT2D eigenvalue weighted by atomic mass is 9.96. The number of aliphatic imine (C=N–C) groups is 1. The fourth-order valence-corrected chi connectivity index (χ4v) is 2.17. The number of nitrogens with one attached hydrogen (secondary N) is 1. The van der Waals surface area contributed by atoms with Crippen LogP contribution in [0.4, 0.5) is 0 Å². The van der Waals surface area contributed by atoms with Crippen molar-refractivity contribution in [3.63, 3.8) is 0 Å². The standard InChI is InChI=1S/C13H20N4/c14-13(17-12-4-2-1-3-5-12)16-10-11-6-8-15-9-7-11/h6-9,12H,1-5,10H2,(H3,14,16,17). The number of hydrogen-bond donors (Lipinski definition) is 2. The fraction of sp³-hybridized carbons (Fsp3) is 0.538. The van der Waals surface area contributed by atoms with Crippen LogP contribution < -0.4 is 11.1 Å². The summed E-state index contributed by atoms with van der Waals surface area (Å²) in [7, 11) is 0. The van der Waals surface area contributed by atoms with Crippen LogP contribution in [0, 0.1) is 0 Å². The fourth-order valence-electron chi connectivity index (χ4n) is 2.17. The first-order valence-corrected chi connectivity index (χ1v) is 6.30. The second-order valence-corrected chi connectivity index (χ2v) is 4.54. The van der Waals surface area contributed by atoms with Gasteiger partial charge in [-0.05, 0) is 30.5 Å². The van der Waals surface area contributed by atoms with Gasteiger partial charge in [-0.25, -0.2) is 4.99 Å². The van der Waals surface area contributed by atoms with Crippen LogP contribution in [0.15, 0.2) is 29.5 Å². The van der Waals surface area contributed by atoms with Crippen LogP contribution >= 0.6 is 0 Å². The number of pyridine rings is 1. The van der Waals surface area contributed by atoms with Gasteiger partial charge in [0.1, 0.15) is 0 Å². The Labute approximate surface area is 102 Å². The van der Waals surface area contributed by atoms with Gasteiger partial charge in [0.25, 0.3) is 0 Å². The third kappa shape index (κ3) is 4.06. The van der Waals surface area contributed by atoms with Gasteiger partial charge in [-0.3, -0.25) is 4.98 Å². The van der Waals surface area contributed by atoms with Crippen molar-refractivity contribution >= 4 is 5.96 Å². The van der Waals surface area contributed by atoms with Gasteiger partial charge in [-0.1, -0.05) is 19.3 Å². The van der Waals surface area contributed by atoms with Gasteiger partial charge in [0.05, 0.1) is 6.54 Å². The second kappa shape index (κ2) is 6.23. The molecule has 0 amide bonds. The van der Waals surface area contributed by atoms with E-state index in [1.54, 1.807) is 12.4 Å². The van der Waals surface area contributed by atoms with Gasteiger partial charge >= 0.3 is 0 Å². The molecule has 3 N–H and O–H groups in total. The predicted octanol–water partition coefficient (Wildman–Crippen LogP) is 1.82. The molecule has 0 aromatic carbocycles. The molecule has 0 atom stereocenters. The number of nitrogens with zero attached hydrogens (tertiary/aromatic N) is 2. The van der Waals surface area contributed by atoms with Crippen molar-refractivity contribution in [1.82, 2.24) is 10.3 Å². The SMILES string of the molecule is NC(=NCc1ccncc1)NC1CCCCC1. The van der Waals surface area contributed by atoms with Crippen LogP contribution in [-0.2, 0) is 6.54 Å². The number of hydrogen-bond acceptors (Lipinski definition) is 2. The maximum Gasteiger partial charge on any atom is 0.189 e. The molecular formula is C13H20N4. The average molecular weight is 232 g/mol. The highest BCUT2D eigenvalue weighted by Crippen LogP contribution is 2.17. The minimum atomic E-state index is 0.518. The Morgan fingerprint density at radius 2 is 2.00 bits per heavy atom. The molecule has 2 rings (SSSR count). The number of rotatable bonds is 3. The molecule has 17 heavy (non-hydrogen) atoms. The second-order valence-electron chi connectivity index (χ2n) is 4.54. The molecular weight excluding hydrogens is 212 g/mol. The molecule has 1 aliphatic rings. The van der Waals surface area contributed by atoms with E-state index in [0.29, 0.717) is 18.5 Å². The summed E-state index contributed by atoms with van der Waals surface area (Å²) in [5.41, 5.74) is 7.01. The van der Waals surface area contributed by atoms with Gasteiger partial charge in [-0.15, -0.1) is 0 Å². The van der Waals surface area contributed by atoms with Crippen LogP contribution in [-0.4, -0.2) is 17.0 Å². The Morgan fingerprint density at radius 1 is 1.29 bits per heavy atom. The van der Waals surface area contributed by atoms with E-state index in [1.165, 1.54) is 32.1 Å². The number of guanidine groups is 1. The summed E-state index contributed by atoms with van der Waals surface area (Å²) < 4.78 is 0. The van der Waals surface area contributed by atoms with Gasteiger partial charge in [-0.2, -0.15) is 0 Å². The summed E-state index contributed by atoms with van der Waals surface area (Å²) in [6.07, 6.45) is 9.93. The molecule has 4 nitrogen and oxygen atoms in total. The zero-order valence-corrected chi connectivity index (χ0v) is 10.1. The van der Waals surface area contributed by atoms with Crippen LogP contribution in [0.25, 0.3) is 0 Å². The largest absolute Gasteiger partial charge is 0.370 e. The molecule has 1 aliphatic carbocycles. The first-order chi connectivity index (χ1) is 8.34. The Kier molecular flexibility index (Phi) is 4.36. The summed E-state index contributed by atoms with van der Waals surface area (Å²) in [5.74, 6) is 0.564. The first kappa shape index (κ1) is 11.9. The van der Waals surface area contributed by atoms with Crippen molar-refractivity contribution < 1.29 is 0 Å². The Balaban J connectivity index is 1.80. The molecule has 1 fully saturated rings. The van der Waals surface area contributed by atoms with Crippen LogP contribution in [0.1, 0.15) is 37.7 Å². The van der Waals surface area contributed by atoms with E-state index in [-0.39, 0.29) is 0 Å². The van der Waals surface area contributed by atoms with Crippen LogP contribution in [0.2, 0.25) is 0 Å². The molecule has 1 aromatic rings. The Bertz CT molecular complexity index is 355. The monoisotopic (exact) mass is 232 g/mol. The van der Waals surface area contributed by atoms with E-state index >= 15 is 0 Å². The lowest BCUT2D eigenvalue weighted by Gasteiger charge is -2.23. The molecule has 0 bridgehead atoms. The number of nitrogens with two attached hydrogens (primary N) is 1. The van der Waals surface area contributed by atoms with Crippen molar-refractivity contribution in [2.24, 2.45) is 10.7 Å². The van der Waals surface area contributed by atoms with E-state index < -0.39 is 0 Å². The molecule has 0 unspecified atom stereocenters. The van der Waals surface area contributed by atoms with Gasteiger partial charge < -0.3 is 11.1 Å². The molecule has 0 spiro atoms. The van der Waals surface area contributed by atoms with Crippen molar-refractivity contribution in [2.45, 2.75) is 44.7 Å². The van der Waals surface area contributed by atoms with E-state index in [0.717, 1.165) is 5.56 Å². The molecule has 0 radical (unpaired) electrons. The third-order valence-electron chi connectivity index (χ3n) is 3.14. The molecule has 4 heteroatoms. The molecule has 92 valence electrons. The average Bonchev–Trinajstić information content (AvgIpc) is 2.39. The van der Waals surface area contributed by atoms with E-state index in [4.69, 9.17) is 5.73 Å². The molecule has 1 heterocycles. The summed E-state index contributed by atoms with van der Waals surface area (Å²) >= 11 is 0. The Hall–Kier alpha value is -1.58. The van der Waals surface area contributed by atoms with Crippen molar-refractivity contribution in [2.75, 3.05) is 0 Å². The predicted molar refractivity (Wildman–Crippen MR) is 69.6 cm³/mol. The van der Waals surface area contributed by atoms with Gasteiger partial charge in [0.15, 0.2) is 5.96 Å². The highest BCUT2D eigenvalue weighted by molar-refractivity contribution is 5.78. The van der Waals surface area contributed by atoms with Crippen molar-refractivity contribution in [3.8, 4) is 0 Å². The minimum Gasteiger partial charge on any atom is -0.370 e. The zero-order chi connectivity index (χ0) is 11.9. The molecule has 1 aromatic heterocycles. The van der Waals surface area contributed by atoms with Crippen molar-refractivity contribution in [3.05, 3.63) is 30.1 Å². The summed E-state index contributed by atoms with van der Waals surface area (Å²) in [4.78, 5) is 8.31. The maximum atomic E-state index is 5.88. The van der Waals surface area contributed by atoms with E-state index in [9.17, 15) is 0 Å². The highest BCUT2D eigenvalue weighted by atomic mass is 15.1. The van der Waals surface area contributed by atoms with Crippen LogP contribution in [0.5, 0.6) is 0 Å². The third-order valence-corrected chi connectivity index (χ3v) is 3.14. The lowest BCUT2D eigenvalue weighted by Crippen LogP contribution is -2.41. The quantitative estimate of drug-likeness (QED) is 0.617. The lowest BCUT2D eigenvalue weighted by molar-refractivity contribution is 0.412. The summed E-state index contributed by atoms with van der Waals surface area (Å²) in [6, 6.07) is 4.43. The van der Waals surface area contributed by atoms with E-state index in [2.05, 4.69) is 15.3 Å². The molecule has 0 aliphatic heterocycles. The first-order valence-electron chi connectivity index (χ1n) is 6.30. The number of aromatic nitrogens is 1. The maximum absolute atomic E-state index is 5.88. The smallest absolute Gasteiger partial charge is 0.189 e. The highest BCUT2D eigenvalue weighted by Gasteiger charge is 2.12. The summed E-state index contributed by atoms with van der Waals surface area (Å²) in [6.45, 7) is 0.619. The van der Waals surface area contributed by atoms with Gasteiger partial charge in [0, 0.05) is 18.4 Å². The summed E-state index contributed by atoms with van der Waals surface area (Å²) in [5, 5.41) is 3.30. The normalized spacial score (nSPS) is 18.0. The topological polar surface area (TPSA) is 63.3 Å². The molecule has 0 saturated heterocycles.